The van der Waals surface area contributed by atoms with E-state index in [1.807, 2.05) is 0 Å². The second-order valence-electron chi connectivity index (χ2n) is 8.20. The van der Waals surface area contributed by atoms with Crippen LogP contribution in [-0.2, 0) is 9.59 Å². The summed E-state index contributed by atoms with van der Waals surface area (Å²) in [6.45, 7) is 2.41. The van der Waals surface area contributed by atoms with E-state index in [0.717, 1.165) is 0 Å². The minimum atomic E-state index is -4.23. The van der Waals surface area contributed by atoms with E-state index in [0.29, 0.717) is 10.7 Å². The first-order valence-corrected chi connectivity index (χ1v) is 11.4. The van der Waals surface area contributed by atoms with Crippen LogP contribution in [0.25, 0.3) is 0 Å². The van der Waals surface area contributed by atoms with Crippen molar-refractivity contribution in [3.63, 3.8) is 0 Å². The fourth-order valence-corrected chi connectivity index (χ4v) is 4.34. The van der Waals surface area contributed by atoms with Crippen molar-refractivity contribution in [3.05, 3.63) is 28.2 Å². The molecule has 0 radical (unpaired) electrons. The molecule has 1 N–H and O–H groups in total. The lowest BCUT2D eigenvalue weighted by Gasteiger charge is -2.39. The lowest BCUT2D eigenvalue weighted by Crippen LogP contribution is -2.58. The zero-order valence-electron chi connectivity index (χ0n) is 18.0. The second-order valence-corrected chi connectivity index (χ2v) is 9.01. The first-order chi connectivity index (χ1) is 15.5. The molecule has 2 fully saturated rings. The average Bonchev–Trinajstić information content (AvgIpc) is 2.76. The monoisotopic (exact) mass is 508 g/mol. The summed E-state index contributed by atoms with van der Waals surface area (Å²) in [5.74, 6) is -1.93. The third-order valence-corrected chi connectivity index (χ3v) is 6.82. The molecule has 12 heteroatoms. The van der Waals surface area contributed by atoms with E-state index in [2.05, 4.69) is 5.32 Å². The highest BCUT2D eigenvalue weighted by molar-refractivity contribution is 6.42. The minimum absolute atomic E-state index is 0.0324. The number of carbonyl (C=O) groups excluding carboxylic acids is 3. The van der Waals surface area contributed by atoms with E-state index >= 15 is 0 Å². The molecular weight excluding hydrogens is 484 g/mol. The summed E-state index contributed by atoms with van der Waals surface area (Å²) in [6, 6.07) is 3.46. The van der Waals surface area contributed by atoms with Gasteiger partial charge in [-0.2, -0.15) is 13.2 Å². The number of hydrogen-bond donors (Lipinski definition) is 1. The van der Waals surface area contributed by atoms with Crippen LogP contribution in [0.15, 0.2) is 18.2 Å². The number of urea groups is 1. The molecule has 0 unspecified atom stereocenters. The predicted molar refractivity (Wildman–Crippen MR) is 118 cm³/mol. The highest BCUT2D eigenvalue weighted by Crippen LogP contribution is 2.34. The van der Waals surface area contributed by atoms with Gasteiger partial charge in [0.25, 0.3) is 0 Å². The summed E-state index contributed by atoms with van der Waals surface area (Å²) in [7, 11) is 0. The zero-order valence-corrected chi connectivity index (χ0v) is 19.5. The predicted octanol–water partition coefficient (Wildman–Crippen LogP) is 4.25. The average molecular weight is 509 g/mol. The Morgan fingerprint density at radius 2 is 1.76 bits per heavy atom. The Hall–Kier alpha value is -2.20. The van der Waals surface area contributed by atoms with Gasteiger partial charge in [-0.3, -0.25) is 9.59 Å². The molecule has 3 rings (SSSR count). The number of piperazine rings is 1. The molecule has 0 spiro atoms. The molecule has 2 saturated heterocycles. The Morgan fingerprint density at radius 1 is 1.09 bits per heavy atom. The van der Waals surface area contributed by atoms with Gasteiger partial charge in [-0.25, -0.2) is 4.79 Å². The van der Waals surface area contributed by atoms with Crippen LogP contribution < -0.4 is 5.32 Å². The standard InChI is InChI=1S/C21H25Cl2F3N4O3/c1-13-19(32)29(9-6-18(31)28-7-4-14(5-8-28)21(24,25)26)10-11-30(13)20(33)27-15-2-3-16(22)17(23)12-15/h2-3,12-14H,4-11H2,1H3,(H,27,33)/t13-/m0/s1. The number of likely N-dealkylation sites (tertiary alicyclic amines) is 1. The molecule has 33 heavy (non-hydrogen) atoms. The summed E-state index contributed by atoms with van der Waals surface area (Å²) >= 11 is 11.8. The summed E-state index contributed by atoms with van der Waals surface area (Å²) < 4.78 is 38.4. The van der Waals surface area contributed by atoms with Crippen molar-refractivity contribution in [2.45, 2.75) is 38.4 Å². The molecule has 0 bridgehead atoms. The molecule has 4 amide bonds. The summed E-state index contributed by atoms with van der Waals surface area (Å²) in [5, 5.41) is 3.33. The molecule has 2 heterocycles. The Bertz CT molecular complexity index is 907. The highest BCUT2D eigenvalue weighted by atomic mass is 35.5. The normalized spacial score (nSPS) is 20.2. The fourth-order valence-electron chi connectivity index (χ4n) is 4.04. The SMILES string of the molecule is C[C@H]1C(=O)N(CCC(=O)N2CCC(C(F)(F)F)CC2)CCN1C(=O)Nc1ccc(Cl)c(Cl)c1. The molecule has 1 atom stereocenters. The van der Waals surface area contributed by atoms with E-state index in [9.17, 15) is 27.6 Å². The molecule has 0 aromatic heterocycles. The second kappa shape index (κ2) is 10.4. The Morgan fingerprint density at radius 3 is 2.36 bits per heavy atom. The lowest BCUT2D eigenvalue weighted by molar-refractivity contribution is -0.186. The van der Waals surface area contributed by atoms with Crippen LogP contribution >= 0.6 is 23.2 Å². The van der Waals surface area contributed by atoms with Crippen molar-refractivity contribution in [1.29, 1.82) is 0 Å². The summed E-state index contributed by atoms with van der Waals surface area (Å²) in [4.78, 5) is 42.1. The number of rotatable bonds is 4. The number of amides is 4. The molecule has 0 saturated carbocycles. The van der Waals surface area contributed by atoms with Crippen LogP contribution in [0.1, 0.15) is 26.2 Å². The van der Waals surface area contributed by atoms with Crippen molar-refractivity contribution in [3.8, 4) is 0 Å². The quantitative estimate of drug-likeness (QED) is 0.660. The summed E-state index contributed by atoms with van der Waals surface area (Å²) in [6.07, 6.45) is -4.40. The van der Waals surface area contributed by atoms with Gasteiger partial charge in [-0.05, 0) is 38.0 Å². The van der Waals surface area contributed by atoms with Gasteiger partial charge >= 0.3 is 12.2 Å². The first kappa shape index (κ1) is 25.4. The van der Waals surface area contributed by atoms with Crippen molar-refractivity contribution < 1.29 is 27.6 Å². The molecular formula is C21H25Cl2F3N4O3. The van der Waals surface area contributed by atoms with E-state index in [1.54, 1.807) is 19.1 Å². The van der Waals surface area contributed by atoms with E-state index in [-0.39, 0.29) is 68.8 Å². The summed E-state index contributed by atoms with van der Waals surface area (Å²) in [5.41, 5.74) is 0.441. The van der Waals surface area contributed by atoms with Gasteiger partial charge < -0.3 is 20.0 Å². The Labute approximate surface area is 199 Å². The van der Waals surface area contributed by atoms with Crippen molar-refractivity contribution in [2.75, 3.05) is 38.0 Å². The maximum absolute atomic E-state index is 12.8. The van der Waals surface area contributed by atoms with Gasteiger partial charge in [0.15, 0.2) is 0 Å². The number of nitrogens with zero attached hydrogens (tertiary/aromatic N) is 3. The van der Waals surface area contributed by atoms with Gasteiger partial charge in [-0.1, -0.05) is 23.2 Å². The first-order valence-electron chi connectivity index (χ1n) is 10.6. The van der Waals surface area contributed by atoms with Crippen LogP contribution in [0.4, 0.5) is 23.7 Å². The molecule has 0 aliphatic carbocycles. The van der Waals surface area contributed by atoms with Crippen molar-refractivity contribution >= 4 is 46.7 Å². The Kier molecular flexibility index (Phi) is 8.00. The van der Waals surface area contributed by atoms with Crippen LogP contribution in [0.5, 0.6) is 0 Å². The van der Waals surface area contributed by atoms with Crippen molar-refractivity contribution in [2.24, 2.45) is 5.92 Å². The minimum Gasteiger partial charge on any atom is -0.343 e. The molecule has 2 aliphatic rings. The van der Waals surface area contributed by atoms with E-state index in [1.165, 1.54) is 20.8 Å². The maximum atomic E-state index is 12.8. The number of halogens is 5. The molecule has 2 aliphatic heterocycles. The fraction of sp³-hybridized carbons (Fsp3) is 0.571. The van der Waals surface area contributed by atoms with Crippen LogP contribution in [0.2, 0.25) is 10.0 Å². The van der Waals surface area contributed by atoms with Gasteiger partial charge in [0.2, 0.25) is 11.8 Å². The molecule has 1 aromatic rings. The number of benzene rings is 1. The third kappa shape index (κ3) is 6.23. The van der Waals surface area contributed by atoms with Gasteiger partial charge in [0.1, 0.15) is 6.04 Å². The third-order valence-electron chi connectivity index (χ3n) is 6.09. The van der Waals surface area contributed by atoms with Gasteiger partial charge in [-0.15, -0.1) is 0 Å². The maximum Gasteiger partial charge on any atom is 0.391 e. The number of anilines is 1. The number of hydrogen-bond acceptors (Lipinski definition) is 3. The largest absolute Gasteiger partial charge is 0.391 e. The molecule has 182 valence electrons. The number of alkyl halides is 3. The van der Waals surface area contributed by atoms with Crippen LogP contribution in [0.3, 0.4) is 0 Å². The zero-order chi connectivity index (χ0) is 24.3. The molecule has 7 nitrogen and oxygen atoms in total. The molecule has 1 aromatic carbocycles. The number of carbonyl (C=O) groups is 3. The topological polar surface area (TPSA) is 73.0 Å². The highest BCUT2D eigenvalue weighted by Gasteiger charge is 2.42. The van der Waals surface area contributed by atoms with Crippen LogP contribution in [-0.4, -0.2) is 77.5 Å². The smallest absolute Gasteiger partial charge is 0.343 e. The lowest BCUT2D eigenvalue weighted by atomic mass is 9.96. The van der Waals surface area contributed by atoms with E-state index in [4.69, 9.17) is 23.2 Å². The van der Waals surface area contributed by atoms with Crippen LogP contribution in [0, 0.1) is 5.92 Å². The number of piperidine rings is 1. The van der Waals surface area contributed by atoms with Crippen molar-refractivity contribution in [1.82, 2.24) is 14.7 Å². The van der Waals surface area contributed by atoms with E-state index < -0.39 is 24.2 Å². The number of nitrogens with one attached hydrogen (secondary N) is 1. The van der Waals surface area contributed by atoms with Gasteiger partial charge in [0.05, 0.1) is 16.0 Å². The van der Waals surface area contributed by atoms with Gasteiger partial charge in [0, 0.05) is 44.8 Å². The Balaban J connectivity index is 1.48.